The van der Waals surface area contributed by atoms with Gasteiger partial charge in [-0.2, -0.15) is 5.26 Å². The molecule has 0 radical (unpaired) electrons. The van der Waals surface area contributed by atoms with Gasteiger partial charge in [-0.15, -0.1) is 0 Å². The highest BCUT2D eigenvalue weighted by molar-refractivity contribution is 5.93. The SMILES string of the molecule is CCOC(=O)[C@]12CCCC[C@@]1(C#N)NC(=O)C2. The number of carbonyl (C=O) groups excluding carboxylic acids is 2. The monoisotopic (exact) mass is 236 g/mol. The van der Waals surface area contributed by atoms with Crippen molar-refractivity contribution in [3.63, 3.8) is 0 Å². The minimum Gasteiger partial charge on any atom is -0.465 e. The first-order chi connectivity index (χ1) is 8.10. The normalized spacial score (nSPS) is 35.6. The molecule has 0 spiro atoms. The van der Waals surface area contributed by atoms with E-state index in [4.69, 9.17) is 4.74 Å². The molecule has 1 aliphatic heterocycles. The van der Waals surface area contributed by atoms with Gasteiger partial charge in [0.05, 0.1) is 12.7 Å². The van der Waals surface area contributed by atoms with Gasteiger partial charge in [0.15, 0.2) is 0 Å². The van der Waals surface area contributed by atoms with E-state index < -0.39 is 16.9 Å². The summed E-state index contributed by atoms with van der Waals surface area (Å²) in [5.74, 6) is -0.624. The molecule has 0 aromatic rings. The Hall–Kier alpha value is -1.57. The summed E-state index contributed by atoms with van der Waals surface area (Å²) in [5.41, 5.74) is -2.01. The van der Waals surface area contributed by atoms with Gasteiger partial charge >= 0.3 is 5.97 Å². The number of fused-ring (bicyclic) bond motifs is 1. The Morgan fingerprint density at radius 2 is 2.24 bits per heavy atom. The highest BCUT2D eigenvalue weighted by Crippen LogP contribution is 2.51. The number of hydrogen-bond acceptors (Lipinski definition) is 4. The summed E-state index contributed by atoms with van der Waals surface area (Å²) in [6.45, 7) is 2.01. The fraction of sp³-hybridized carbons (Fsp3) is 0.750. The zero-order valence-corrected chi connectivity index (χ0v) is 9.91. The van der Waals surface area contributed by atoms with Crippen LogP contribution in [0.15, 0.2) is 0 Å². The zero-order chi connectivity index (χ0) is 12.5. The molecule has 2 atom stereocenters. The number of nitrogens with zero attached hydrogens (tertiary/aromatic N) is 1. The lowest BCUT2D eigenvalue weighted by Crippen LogP contribution is -2.57. The van der Waals surface area contributed by atoms with Crippen molar-refractivity contribution in [3.05, 3.63) is 0 Å². The largest absolute Gasteiger partial charge is 0.465 e. The van der Waals surface area contributed by atoms with Crippen LogP contribution in [-0.4, -0.2) is 24.0 Å². The Kier molecular flexibility index (Phi) is 2.82. The Morgan fingerprint density at radius 1 is 1.53 bits per heavy atom. The average Bonchev–Trinajstić information content (AvgIpc) is 2.63. The van der Waals surface area contributed by atoms with Crippen LogP contribution in [0.25, 0.3) is 0 Å². The van der Waals surface area contributed by atoms with Crippen molar-refractivity contribution >= 4 is 11.9 Å². The first kappa shape index (κ1) is 11.9. The minimum absolute atomic E-state index is 0.0827. The smallest absolute Gasteiger partial charge is 0.316 e. The van der Waals surface area contributed by atoms with Crippen molar-refractivity contribution in [2.45, 2.75) is 44.6 Å². The average molecular weight is 236 g/mol. The second-order valence-corrected chi connectivity index (χ2v) is 4.75. The number of amides is 1. The van der Waals surface area contributed by atoms with Gasteiger partial charge in [-0.25, -0.2) is 0 Å². The predicted octanol–water partition coefficient (Wildman–Crippen LogP) is 0.892. The van der Waals surface area contributed by atoms with E-state index in [9.17, 15) is 14.9 Å². The van der Waals surface area contributed by atoms with Crippen LogP contribution in [0, 0.1) is 16.7 Å². The maximum absolute atomic E-state index is 12.1. The molecule has 0 aromatic heterocycles. The summed E-state index contributed by atoms with van der Waals surface area (Å²) >= 11 is 0. The molecule has 1 N–H and O–H groups in total. The van der Waals surface area contributed by atoms with E-state index in [1.807, 2.05) is 0 Å². The third-order valence-corrected chi connectivity index (χ3v) is 3.89. The highest BCUT2D eigenvalue weighted by Gasteiger charge is 2.64. The first-order valence-corrected chi connectivity index (χ1v) is 6.00. The van der Waals surface area contributed by atoms with E-state index in [2.05, 4.69) is 11.4 Å². The second-order valence-electron chi connectivity index (χ2n) is 4.75. The van der Waals surface area contributed by atoms with Crippen molar-refractivity contribution < 1.29 is 14.3 Å². The molecule has 1 aliphatic carbocycles. The lowest BCUT2D eigenvalue weighted by Gasteiger charge is -2.41. The van der Waals surface area contributed by atoms with Gasteiger partial charge in [0, 0.05) is 6.42 Å². The molecule has 5 nitrogen and oxygen atoms in total. The standard InChI is InChI=1S/C12H16N2O3/c1-2-17-10(16)11-5-3-4-6-12(11,8-13)14-9(15)7-11/h2-7H2,1H3,(H,14,15)/t11-,12+/m1/s1. The van der Waals surface area contributed by atoms with Gasteiger partial charge in [0.25, 0.3) is 0 Å². The summed E-state index contributed by atoms with van der Waals surface area (Å²) in [7, 11) is 0. The van der Waals surface area contributed by atoms with Crippen molar-refractivity contribution in [2.75, 3.05) is 6.61 Å². The van der Waals surface area contributed by atoms with E-state index in [0.717, 1.165) is 12.8 Å². The highest BCUT2D eigenvalue weighted by atomic mass is 16.5. The minimum atomic E-state index is -1.05. The van der Waals surface area contributed by atoms with E-state index >= 15 is 0 Å². The molecular formula is C12H16N2O3. The number of nitriles is 1. The Bertz CT molecular complexity index is 401. The number of ether oxygens (including phenoxy) is 1. The third-order valence-electron chi connectivity index (χ3n) is 3.89. The van der Waals surface area contributed by atoms with E-state index in [-0.39, 0.29) is 18.9 Å². The number of hydrogen-bond donors (Lipinski definition) is 1. The first-order valence-electron chi connectivity index (χ1n) is 6.00. The van der Waals surface area contributed by atoms with Crippen molar-refractivity contribution in [1.29, 1.82) is 5.26 Å². The van der Waals surface area contributed by atoms with Gasteiger partial charge in [0.1, 0.15) is 11.0 Å². The van der Waals surface area contributed by atoms with E-state index in [1.165, 1.54) is 0 Å². The van der Waals surface area contributed by atoms with Crippen molar-refractivity contribution in [3.8, 4) is 6.07 Å². The van der Waals surface area contributed by atoms with Gasteiger partial charge in [-0.05, 0) is 26.2 Å². The summed E-state index contributed by atoms with van der Waals surface area (Å²) in [4.78, 5) is 23.8. The zero-order valence-electron chi connectivity index (χ0n) is 9.91. The lowest BCUT2D eigenvalue weighted by molar-refractivity contribution is -0.160. The molecule has 1 amide bonds. The van der Waals surface area contributed by atoms with Crippen LogP contribution < -0.4 is 5.32 Å². The molecular weight excluding hydrogens is 220 g/mol. The third kappa shape index (κ3) is 1.51. The van der Waals surface area contributed by atoms with Crippen LogP contribution >= 0.6 is 0 Å². The van der Waals surface area contributed by atoms with Gasteiger partial charge in [-0.1, -0.05) is 6.42 Å². The molecule has 1 saturated carbocycles. The molecule has 2 fully saturated rings. The molecule has 0 bridgehead atoms. The maximum Gasteiger partial charge on any atom is 0.316 e. The summed E-state index contributed by atoms with van der Waals surface area (Å²) in [6.07, 6.45) is 2.89. The Balaban J connectivity index is 2.42. The van der Waals surface area contributed by atoms with Crippen LogP contribution in [0.2, 0.25) is 0 Å². The molecule has 5 heteroatoms. The maximum atomic E-state index is 12.1. The van der Waals surface area contributed by atoms with Gasteiger partial charge < -0.3 is 10.1 Å². The van der Waals surface area contributed by atoms with Gasteiger partial charge in [-0.3, -0.25) is 9.59 Å². The quantitative estimate of drug-likeness (QED) is 0.722. The van der Waals surface area contributed by atoms with Crippen LogP contribution in [-0.2, 0) is 14.3 Å². The molecule has 0 unspecified atom stereocenters. The van der Waals surface area contributed by atoms with Crippen LogP contribution in [0.5, 0.6) is 0 Å². The molecule has 1 heterocycles. The van der Waals surface area contributed by atoms with Crippen molar-refractivity contribution in [1.82, 2.24) is 5.32 Å². The summed E-state index contributed by atoms with van der Waals surface area (Å²) < 4.78 is 5.08. The topological polar surface area (TPSA) is 79.2 Å². The molecule has 17 heavy (non-hydrogen) atoms. The lowest BCUT2D eigenvalue weighted by atomic mass is 9.62. The number of rotatable bonds is 2. The van der Waals surface area contributed by atoms with Crippen LogP contribution in [0.3, 0.4) is 0 Å². The molecule has 0 aromatic carbocycles. The molecule has 2 rings (SSSR count). The van der Waals surface area contributed by atoms with Crippen LogP contribution in [0.1, 0.15) is 39.0 Å². The molecule has 2 aliphatic rings. The number of carbonyl (C=O) groups is 2. The van der Waals surface area contributed by atoms with Crippen molar-refractivity contribution in [2.24, 2.45) is 5.41 Å². The second kappa shape index (κ2) is 4.02. The number of esters is 1. The Morgan fingerprint density at radius 3 is 2.88 bits per heavy atom. The van der Waals surface area contributed by atoms with Gasteiger partial charge in [0.2, 0.25) is 5.91 Å². The summed E-state index contributed by atoms with van der Waals surface area (Å²) in [5, 5.41) is 12.1. The fourth-order valence-corrected chi connectivity index (χ4v) is 3.06. The van der Waals surface area contributed by atoms with Crippen LogP contribution in [0.4, 0.5) is 0 Å². The molecule has 92 valence electrons. The summed E-state index contributed by atoms with van der Waals surface area (Å²) in [6, 6.07) is 2.16. The van der Waals surface area contributed by atoms with E-state index in [1.54, 1.807) is 6.92 Å². The Labute approximate surface area is 100 Å². The number of nitrogens with one attached hydrogen (secondary N) is 1. The molecule has 1 saturated heterocycles. The predicted molar refractivity (Wildman–Crippen MR) is 58.6 cm³/mol. The fourth-order valence-electron chi connectivity index (χ4n) is 3.06. The van der Waals surface area contributed by atoms with E-state index in [0.29, 0.717) is 12.8 Å².